The number of nitrogens with zero attached hydrogens (tertiary/aromatic N) is 1. The minimum atomic E-state index is -0.336. The van der Waals surface area contributed by atoms with Crippen molar-refractivity contribution in [1.82, 2.24) is 4.90 Å². The van der Waals surface area contributed by atoms with Crippen LogP contribution in [0.25, 0.3) is 0 Å². The molecule has 0 radical (unpaired) electrons. The van der Waals surface area contributed by atoms with E-state index in [-0.39, 0.29) is 18.2 Å². The maximum Gasteiger partial charge on any atom is 0.112 e. The summed E-state index contributed by atoms with van der Waals surface area (Å²) in [7, 11) is 1.69. The first-order valence-electron chi connectivity index (χ1n) is 5.11. The highest BCUT2D eigenvalue weighted by molar-refractivity contribution is 4.75. The summed E-state index contributed by atoms with van der Waals surface area (Å²) in [6, 6.07) is 0. The second-order valence-corrected chi connectivity index (χ2v) is 3.96. The molecule has 1 N–H and O–H groups in total. The number of aliphatic hydroxyl groups excluding tert-OH is 1. The summed E-state index contributed by atoms with van der Waals surface area (Å²) in [4.78, 5) is 2.14. The van der Waals surface area contributed by atoms with E-state index < -0.39 is 0 Å². The zero-order valence-electron chi connectivity index (χ0n) is 8.86. The molecule has 1 unspecified atom stereocenters. The number of hydrogen-bond donors (Lipinski definition) is 1. The summed E-state index contributed by atoms with van der Waals surface area (Å²) in [6.45, 7) is 6.10. The largest absolute Gasteiger partial charge is 0.381 e. The van der Waals surface area contributed by atoms with Crippen molar-refractivity contribution >= 4 is 0 Å². The number of ether oxygens (including phenoxy) is 1. The first-order valence-corrected chi connectivity index (χ1v) is 5.11. The Kier molecular flexibility index (Phi) is 4.16. The molecule has 1 rings (SSSR count). The highest BCUT2D eigenvalue weighted by Crippen LogP contribution is 2.19. The van der Waals surface area contributed by atoms with E-state index >= 15 is 0 Å². The molecule has 1 aliphatic heterocycles. The molecule has 13 heavy (non-hydrogen) atoms. The first kappa shape index (κ1) is 11.0. The zero-order chi connectivity index (χ0) is 9.84. The Hall–Kier alpha value is -0.120. The number of aliphatic hydroxyl groups is 1. The fourth-order valence-electron chi connectivity index (χ4n) is 1.80. The quantitative estimate of drug-likeness (QED) is 0.714. The van der Waals surface area contributed by atoms with Crippen LogP contribution in [0, 0.1) is 5.92 Å². The highest BCUT2D eigenvalue weighted by atomic mass is 16.5. The predicted molar refractivity (Wildman–Crippen MR) is 52.4 cm³/mol. The van der Waals surface area contributed by atoms with Crippen molar-refractivity contribution in [1.29, 1.82) is 0 Å². The normalized spacial score (nSPS) is 25.8. The van der Waals surface area contributed by atoms with Crippen molar-refractivity contribution in [3.63, 3.8) is 0 Å². The second-order valence-electron chi connectivity index (χ2n) is 3.96. The van der Waals surface area contributed by atoms with Crippen LogP contribution >= 0.6 is 0 Å². The predicted octanol–water partition coefficient (Wildman–Crippen LogP) is 1.07. The second kappa shape index (κ2) is 4.94. The molecule has 0 aromatic heterocycles. The molecule has 0 aromatic rings. The molecule has 0 bridgehead atoms. The Morgan fingerprint density at radius 2 is 1.77 bits per heavy atom. The molecule has 0 spiro atoms. The van der Waals surface area contributed by atoms with Gasteiger partial charge >= 0.3 is 0 Å². The van der Waals surface area contributed by atoms with Gasteiger partial charge in [0.25, 0.3) is 0 Å². The van der Waals surface area contributed by atoms with Gasteiger partial charge in [0.15, 0.2) is 0 Å². The maximum absolute atomic E-state index is 9.96. The zero-order valence-corrected chi connectivity index (χ0v) is 8.86. The van der Waals surface area contributed by atoms with Gasteiger partial charge in [0.1, 0.15) is 6.23 Å². The van der Waals surface area contributed by atoms with E-state index in [9.17, 15) is 5.11 Å². The van der Waals surface area contributed by atoms with Crippen LogP contribution in [0.3, 0.4) is 0 Å². The number of rotatable bonds is 4. The van der Waals surface area contributed by atoms with Crippen LogP contribution in [0.2, 0.25) is 0 Å². The van der Waals surface area contributed by atoms with E-state index in [0.29, 0.717) is 0 Å². The standard InChI is InChI=1S/C10H21NO2/c1-8(9(2)13-3)10(12)11-6-4-5-7-11/h8-10,12H,4-7H2,1-3H3/t8-,9+,10?/m0/s1. The highest BCUT2D eigenvalue weighted by Gasteiger charge is 2.27. The molecule has 0 amide bonds. The molecular formula is C10H21NO2. The van der Waals surface area contributed by atoms with Gasteiger partial charge in [-0.2, -0.15) is 0 Å². The first-order chi connectivity index (χ1) is 6.16. The van der Waals surface area contributed by atoms with Gasteiger partial charge in [0.05, 0.1) is 6.10 Å². The van der Waals surface area contributed by atoms with E-state index in [0.717, 1.165) is 13.1 Å². The van der Waals surface area contributed by atoms with E-state index in [1.807, 2.05) is 13.8 Å². The van der Waals surface area contributed by atoms with Crippen molar-refractivity contribution in [3.05, 3.63) is 0 Å². The molecule has 0 aromatic carbocycles. The molecule has 1 fully saturated rings. The minimum Gasteiger partial charge on any atom is -0.381 e. The maximum atomic E-state index is 9.96. The van der Waals surface area contributed by atoms with Gasteiger partial charge in [-0.1, -0.05) is 6.92 Å². The van der Waals surface area contributed by atoms with Crippen molar-refractivity contribution in [2.75, 3.05) is 20.2 Å². The van der Waals surface area contributed by atoms with Crippen LogP contribution in [0.1, 0.15) is 26.7 Å². The molecular weight excluding hydrogens is 166 g/mol. The molecule has 0 aliphatic carbocycles. The van der Waals surface area contributed by atoms with Gasteiger partial charge in [-0.05, 0) is 19.8 Å². The molecule has 1 heterocycles. The Labute approximate surface area is 80.7 Å². The van der Waals surface area contributed by atoms with Gasteiger partial charge < -0.3 is 9.84 Å². The fraction of sp³-hybridized carbons (Fsp3) is 1.00. The summed E-state index contributed by atoms with van der Waals surface area (Å²) in [5.74, 6) is 0.183. The van der Waals surface area contributed by atoms with E-state index in [2.05, 4.69) is 4.90 Å². The third-order valence-corrected chi connectivity index (χ3v) is 3.10. The van der Waals surface area contributed by atoms with Crippen LogP contribution in [0.4, 0.5) is 0 Å². The van der Waals surface area contributed by atoms with Crippen LogP contribution < -0.4 is 0 Å². The Balaban J connectivity index is 2.40. The SMILES string of the molecule is CO[C@H](C)[C@H](C)C(O)N1CCCC1. The summed E-state index contributed by atoms with van der Waals surface area (Å²) in [6.07, 6.45) is 2.21. The molecule has 3 heteroatoms. The lowest BCUT2D eigenvalue weighted by Crippen LogP contribution is -2.41. The molecule has 78 valence electrons. The fourth-order valence-corrected chi connectivity index (χ4v) is 1.80. The summed E-state index contributed by atoms with van der Waals surface area (Å²) >= 11 is 0. The average Bonchev–Trinajstić information content (AvgIpc) is 2.67. The van der Waals surface area contributed by atoms with Gasteiger partial charge in [-0.25, -0.2) is 0 Å². The van der Waals surface area contributed by atoms with E-state index in [1.54, 1.807) is 7.11 Å². The molecule has 3 atom stereocenters. The summed E-state index contributed by atoms with van der Waals surface area (Å²) in [5.41, 5.74) is 0. The lowest BCUT2D eigenvalue weighted by Gasteiger charge is -2.30. The topological polar surface area (TPSA) is 32.7 Å². The Morgan fingerprint density at radius 3 is 2.23 bits per heavy atom. The van der Waals surface area contributed by atoms with Crippen LogP contribution in [-0.2, 0) is 4.74 Å². The summed E-state index contributed by atoms with van der Waals surface area (Å²) in [5, 5.41) is 9.96. The van der Waals surface area contributed by atoms with Crippen LogP contribution in [-0.4, -0.2) is 42.5 Å². The van der Waals surface area contributed by atoms with Gasteiger partial charge in [-0.15, -0.1) is 0 Å². The smallest absolute Gasteiger partial charge is 0.112 e. The lowest BCUT2D eigenvalue weighted by molar-refractivity contribution is -0.0698. The van der Waals surface area contributed by atoms with Crippen molar-refractivity contribution in [2.24, 2.45) is 5.92 Å². The average molecular weight is 187 g/mol. The van der Waals surface area contributed by atoms with Crippen LogP contribution in [0.5, 0.6) is 0 Å². The Bertz CT molecular complexity index is 146. The van der Waals surface area contributed by atoms with E-state index in [1.165, 1.54) is 12.8 Å². The van der Waals surface area contributed by atoms with Gasteiger partial charge in [0, 0.05) is 26.1 Å². The molecule has 1 saturated heterocycles. The minimum absolute atomic E-state index is 0.121. The molecule has 1 aliphatic rings. The number of likely N-dealkylation sites (tertiary alicyclic amines) is 1. The van der Waals surface area contributed by atoms with E-state index in [4.69, 9.17) is 4.74 Å². The lowest BCUT2D eigenvalue weighted by atomic mass is 10.0. The van der Waals surface area contributed by atoms with Crippen molar-refractivity contribution in [3.8, 4) is 0 Å². The third kappa shape index (κ3) is 2.66. The monoisotopic (exact) mass is 187 g/mol. The van der Waals surface area contributed by atoms with Crippen LogP contribution in [0.15, 0.2) is 0 Å². The van der Waals surface area contributed by atoms with Crippen molar-refractivity contribution in [2.45, 2.75) is 39.0 Å². The van der Waals surface area contributed by atoms with Gasteiger partial charge in [-0.3, -0.25) is 4.90 Å². The number of hydrogen-bond acceptors (Lipinski definition) is 3. The molecule has 0 saturated carbocycles. The van der Waals surface area contributed by atoms with Gasteiger partial charge in [0.2, 0.25) is 0 Å². The third-order valence-electron chi connectivity index (χ3n) is 3.10. The Morgan fingerprint density at radius 1 is 1.23 bits per heavy atom. The van der Waals surface area contributed by atoms with Crippen molar-refractivity contribution < 1.29 is 9.84 Å². The number of methoxy groups -OCH3 is 1. The molecule has 3 nitrogen and oxygen atoms in total. The summed E-state index contributed by atoms with van der Waals surface area (Å²) < 4.78 is 5.21.